The maximum atomic E-state index is 10.9. The number of carbonyl (C=O) groups is 1. The van der Waals surface area contributed by atoms with Crippen LogP contribution in [0, 0.1) is 0 Å². The third-order valence-electron chi connectivity index (χ3n) is 2.82. The molecule has 0 amide bonds. The fourth-order valence-electron chi connectivity index (χ4n) is 1.84. The van der Waals surface area contributed by atoms with Gasteiger partial charge in [-0.2, -0.15) is 0 Å². The molecule has 1 aliphatic carbocycles. The van der Waals surface area contributed by atoms with Crippen molar-refractivity contribution >= 4 is 24.1 Å². The first-order chi connectivity index (χ1) is 9.99. The number of nitrogens with zero attached hydrogens (tertiary/aromatic N) is 1. The molecule has 2 N–H and O–H groups in total. The summed E-state index contributed by atoms with van der Waals surface area (Å²) in [5, 5.41) is 21.7. The highest BCUT2D eigenvalue weighted by Gasteiger charge is 2.17. The Kier molecular flexibility index (Phi) is 6.02. The van der Waals surface area contributed by atoms with E-state index in [-0.39, 0.29) is 5.71 Å². The summed E-state index contributed by atoms with van der Waals surface area (Å²) in [4.78, 5) is 10.9. The van der Waals surface area contributed by atoms with Crippen molar-refractivity contribution < 1.29 is 19.8 Å². The molecule has 0 bridgehead atoms. The van der Waals surface area contributed by atoms with E-state index in [1.807, 2.05) is 6.07 Å². The summed E-state index contributed by atoms with van der Waals surface area (Å²) in [6, 6.07) is 5.32. The Labute approximate surface area is 123 Å². The van der Waals surface area contributed by atoms with Gasteiger partial charge in [-0.15, -0.1) is 0 Å². The number of aliphatic hydroxyl groups is 1. The number of hydrogen-bond donors (Lipinski definition) is 2. The second-order valence-corrected chi connectivity index (χ2v) is 4.71. The zero-order valence-electron chi connectivity index (χ0n) is 12.3. The van der Waals surface area contributed by atoms with E-state index in [9.17, 15) is 9.90 Å². The largest absolute Gasteiger partial charge is 0.410 e. The minimum atomic E-state index is -1.03. The van der Waals surface area contributed by atoms with Crippen molar-refractivity contribution in [2.24, 2.45) is 5.16 Å². The second kappa shape index (κ2) is 7.52. The van der Waals surface area contributed by atoms with Gasteiger partial charge < -0.3 is 15.1 Å². The van der Waals surface area contributed by atoms with Gasteiger partial charge in [-0.05, 0) is 30.2 Å². The van der Waals surface area contributed by atoms with Gasteiger partial charge in [0.25, 0.3) is 0 Å². The Hall–Kier alpha value is -2.24. The van der Waals surface area contributed by atoms with E-state index in [2.05, 4.69) is 9.89 Å². The minimum Gasteiger partial charge on any atom is -0.410 e. The normalized spacial score (nSPS) is 20.1. The lowest BCUT2D eigenvalue weighted by atomic mass is 9.98. The number of benzene rings is 1. The standard InChI is InChI=1S/C14H13NO3.C2H6O/c1-14(17)7-5-10-3-2-4-12(11(10)6-8-14)13(9-16)15-18;1-3-2/h2-9,17-18H,1H3;1-2H3/b15-13-;. The fraction of sp³-hybridized carbons (Fsp3) is 0.250. The molecule has 21 heavy (non-hydrogen) atoms. The van der Waals surface area contributed by atoms with Gasteiger partial charge in [-0.1, -0.05) is 35.5 Å². The number of aldehydes is 1. The quantitative estimate of drug-likeness (QED) is 0.378. The van der Waals surface area contributed by atoms with Crippen LogP contribution in [0.5, 0.6) is 0 Å². The van der Waals surface area contributed by atoms with Gasteiger partial charge in [-0.3, -0.25) is 4.79 Å². The van der Waals surface area contributed by atoms with Gasteiger partial charge >= 0.3 is 0 Å². The summed E-state index contributed by atoms with van der Waals surface area (Å²) in [6.07, 6.45) is 7.28. The molecule has 0 fully saturated rings. The first-order valence-corrected chi connectivity index (χ1v) is 6.30. The molecule has 1 atom stereocenters. The Bertz CT molecular complexity index is 586. The molecule has 112 valence electrons. The molecule has 5 nitrogen and oxygen atoms in total. The zero-order chi connectivity index (χ0) is 15.9. The average molecular weight is 289 g/mol. The summed E-state index contributed by atoms with van der Waals surface area (Å²) >= 11 is 0. The summed E-state index contributed by atoms with van der Waals surface area (Å²) in [5.41, 5.74) is 1.06. The number of oxime groups is 1. The van der Waals surface area contributed by atoms with Gasteiger partial charge in [0.1, 0.15) is 5.71 Å². The van der Waals surface area contributed by atoms with Crippen LogP contribution in [-0.4, -0.2) is 42.1 Å². The van der Waals surface area contributed by atoms with E-state index in [1.165, 1.54) is 0 Å². The van der Waals surface area contributed by atoms with Crippen LogP contribution in [0.2, 0.25) is 0 Å². The van der Waals surface area contributed by atoms with Crippen molar-refractivity contribution in [2.75, 3.05) is 14.2 Å². The maximum Gasteiger partial charge on any atom is 0.172 e. The van der Waals surface area contributed by atoms with Crippen LogP contribution in [0.1, 0.15) is 23.6 Å². The minimum absolute atomic E-state index is 0.0357. The molecule has 0 saturated carbocycles. The van der Waals surface area contributed by atoms with E-state index in [0.29, 0.717) is 11.8 Å². The molecule has 1 aromatic rings. The molecule has 1 aromatic carbocycles. The van der Waals surface area contributed by atoms with Crippen molar-refractivity contribution in [3.05, 3.63) is 47.0 Å². The van der Waals surface area contributed by atoms with E-state index in [1.54, 1.807) is 57.6 Å². The van der Waals surface area contributed by atoms with Crippen molar-refractivity contribution in [2.45, 2.75) is 12.5 Å². The van der Waals surface area contributed by atoms with Crippen molar-refractivity contribution in [1.29, 1.82) is 0 Å². The smallest absolute Gasteiger partial charge is 0.172 e. The van der Waals surface area contributed by atoms with E-state index in [4.69, 9.17) is 5.21 Å². The number of methoxy groups -OCH3 is 1. The molecule has 2 rings (SSSR count). The summed E-state index contributed by atoms with van der Waals surface area (Å²) in [7, 11) is 3.25. The Morgan fingerprint density at radius 1 is 1.29 bits per heavy atom. The molecule has 0 aliphatic heterocycles. The first-order valence-electron chi connectivity index (χ1n) is 6.30. The lowest BCUT2D eigenvalue weighted by molar-refractivity contribution is -0.102. The monoisotopic (exact) mass is 289 g/mol. The molecular weight excluding hydrogens is 270 g/mol. The Balaban J connectivity index is 0.000000677. The molecule has 0 heterocycles. The SMILES string of the molecule is CC1(O)C=Cc2cccc(/C(C=O)=N\O)c2C=C1.COC. The van der Waals surface area contributed by atoms with Crippen LogP contribution in [0.25, 0.3) is 12.2 Å². The highest BCUT2D eigenvalue weighted by Crippen LogP contribution is 2.25. The summed E-state index contributed by atoms with van der Waals surface area (Å²) < 4.78 is 4.25. The third kappa shape index (κ3) is 4.37. The maximum absolute atomic E-state index is 10.9. The second-order valence-electron chi connectivity index (χ2n) is 4.71. The van der Waals surface area contributed by atoms with Gasteiger partial charge in [0.15, 0.2) is 6.29 Å². The van der Waals surface area contributed by atoms with Gasteiger partial charge in [0.05, 0.1) is 5.60 Å². The summed E-state index contributed by atoms with van der Waals surface area (Å²) in [6.45, 7) is 1.66. The zero-order valence-corrected chi connectivity index (χ0v) is 12.3. The number of ether oxygens (including phenoxy) is 1. The highest BCUT2D eigenvalue weighted by molar-refractivity contribution is 6.37. The molecular formula is C16H19NO4. The van der Waals surface area contributed by atoms with Gasteiger partial charge in [0.2, 0.25) is 0 Å². The fourth-order valence-corrected chi connectivity index (χ4v) is 1.84. The molecule has 1 unspecified atom stereocenters. The average Bonchev–Trinajstić information content (AvgIpc) is 2.61. The van der Waals surface area contributed by atoms with Gasteiger partial charge in [-0.25, -0.2) is 0 Å². The Morgan fingerprint density at radius 3 is 2.48 bits per heavy atom. The lowest BCUT2D eigenvalue weighted by Gasteiger charge is -2.10. The predicted octanol–water partition coefficient (Wildman–Crippen LogP) is 2.12. The molecule has 0 aromatic heterocycles. The molecule has 5 heteroatoms. The topological polar surface area (TPSA) is 79.1 Å². The van der Waals surface area contributed by atoms with Crippen molar-refractivity contribution in [3.63, 3.8) is 0 Å². The Morgan fingerprint density at radius 2 is 1.90 bits per heavy atom. The van der Waals surface area contributed by atoms with E-state index >= 15 is 0 Å². The molecule has 1 aliphatic rings. The number of fused-ring (bicyclic) bond motifs is 1. The highest BCUT2D eigenvalue weighted by atomic mass is 16.5. The van der Waals surface area contributed by atoms with Crippen LogP contribution in [0.4, 0.5) is 0 Å². The van der Waals surface area contributed by atoms with Crippen LogP contribution >= 0.6 is 0 Å². The third-order valence-corrected chi connectivity index (χ3v) is 2.82. The lowest BCUT2D eigenvalue weighted by Crippen LogP contribution is -2.15. The van der Waals surface area contributed by atoms with E-state index in [0.717, 1.165) is 11.1 Å². The van der Waals surface area contributed by atoms with E-state index < -0.39 is 5.60 Å². The van der Waals surface area contributed by atoms with Crippen molar-refractivity contribution in [3.8, 4) is 0 Å². The van der Waals surface area contributed by atoms with Crippen LogP contribution in [-0.2, 0) is 9.53 Å². The first kappa shape index (κ1) is 16.8. The predicted molar refractivity (Wildman–Crippen MR) is 82.5 cm³/mol. The van der Waals surface area contributed by atoms with Crippen LogP contribution < -0.4 is 0 Å². The van der Waals surface area contributed by atoms with Crippen molar-refractivity contribution in [1.82, 2.24) is 0 Å². The number of rotatable bonds is 2. The van der Waals surface area contributed by atoms with Crippen LogP contribution in [0.15, 0.2) is 35.5 Å². The van der Waals surface area contributed by atoms with Crippen LogP contribution in [0.3, 0.4) is 0 Å². The molecule has 0 spiro atoms. The molecule has 0 radical (unpaired) electrons. The van der Waals surface area contributed by atoms with Gasteiger partial charge in [0, 0.05) is 19.8 Å². The summed E-state index contributed by atoms with van der Waals surface area (Å²) in [5.74, 6) is 0. The molecule has 0 saturated heterocycles. The number of hydrogen-bond acceptors (Lipinski definition) is 5. The number of carbonyl (C=O) groups excluding carboxylic acids is 1.